The fraction of sp³-hybridized carbons (Fsp3) is 0.176. The summed E-state index contributed by atoms with van der Waals surface area (Å²) >= 11 is 5.71. The zero-order chi connectivity index (χ0) is 29.3. The van der Waals surface area contributed by atoms with Crippen LogP contribution in [-0.2, 0) is 18.8 Å². The normalized spacial score (nSPS) is 13.9. The number of rotatable bonds is 7. The second-order valence-corrected chi connectivity index (χ2v) is 10.2. The van der Waals surface area contributed by atoms with Gasteiger partial charge in [-0.1, -0.05) is 24.3 Å². The molecule has 214 valence electrons. The van der Waals surface area contributed by atoms with Crippen LogP contribution in [0.1, 0.15) is 23.1 Å². The lowest BCUT2D eigenvalue weighted by atomic mass is 10.0. The van der Waals surface area contributed by atoms with Crippen LogP contribution in [0.4, 0.5) is 13.2 Å². The SMILES string of the molecule is Fc1ccc(-c2cncc(CCl)c2)cc1.Fc1ccc(-c2cncc(CNCC3CCc4cc(F)ccc4O3)c2)cc1. The molecule has 0 spiro atoms. The zero-order valence-corrected chi connectivity index (χ0v) is 23.5. The highest BCUT2D eigenvalue weighted by atomic mass is 35.5. The average molecular weight is 588 g/mol. The number of benzene rings is 3. The average Bonchev–Trinajstić information content (AvgIpc) is 3.02. The predicted octanol–water partition coefficient (Wildman–Crippen LogP) is 8.14. The molecule has 42 heavy (non-hydrogen) atoms. The van der Waals surface area contributed by atoms with Crippen molar-refractivity contribution < 1.29 is 17.9 Å². The molecule has 6 rings (SSSR count). The fourth-order valence-corrected chi connectivity index (χ4v) is 4.83. The largest absolute Gasteiger partial charge is 0.489 e. The summed E-state index contributed by atoms with van der Waals surface area (Å²) in [5, 5.41) is 3.40. The molecule has 5 aromatic rings. The molecule has 0 aliphatic carbocycles. The summed E-state index contributed by atoms with van der Waals surface area (Å²) in [7, 11) is 0. The summed E-state index contributed by atoms with van der Waals surface area (Å²) in [4.78, 5) is 8.36. The minimum Gasteiger partial charge on any atom is -0.489 e. The van der Waals surface area contributed by atoms with Crippen LogP contribution in [-0.4, -0.2) is 22.6 Å². The number of ether oxygens (including phenoxy) is 1. The number of aromatic nitrogens is 2. The highest BCUT2D eigenvalue weighted by molar-refractivity contribution is 6.17. The molecule has 0 amide bonds. The van der Waals surface area contributed by atoms with E-state index in [9.17, 15) is 13.2 Å². The molecule has 0 saturated carbocycles. The van der Waals surface area contributed by atoms with Gasteiger partial charge in [-0.15, -0.1) is 11.6 Å². The van der Waals surface area contributed by atoms with Crippen molar-refractivity contribution in [3.8, 4) is 28.0 Å². The lowest BCUT2D eigenvalue weighted by Gasteiger charge is -2.26. The summed E-state index contributed by atoms with van der Waals surface area (Å²) in [6.45, 7) is 1.37. The molecule has 1 atom stereocenters. The quantitative estimate of drug-likeness (QED) is 0.195. The molecule has 0 radical (unpaired) electrons. The van der Waals surface area contributed by atoms with Crippen LogP contribution in [0.15, 0.2) is 104 Å². The van der Waals surface area contributed by atoms with Gasteiger partial charge in [-0.25, -0.2) is 13.2 Å². The van der Waals surface area contributed by atoms with E-state index in [1.165, 1.54) is 30.3 Å². The number of pyridine rings is 2. The van der Waals surface area contributed by atoms with Crippen LogP contribution in [0.3, 0.4) is 0 Å². The molecule has 8 heteroatoms. The van der Waals surface area contributed by atoms with Crippen molar-refractivity contribution in [2.75, 3.05) is 6.54 Å². The van der Waals surface area contributed by atoms with Gasteiger partial charge < -0.3 is 10.1 Å². The minimum absolute atomic E-state index is 0.0659. The van der Waals surface area contributed by atoms with Crippen molar-refractivity contribution in [2.24, 2.45) is 0 Å². The maximum absolute atomic E-state index is 13.3. The molecule has 4 nitrogen and oxygen atoms in total. The molecule has 0 bridgehead atoms. The van der Waals surface area contributed by atoms with Crippen molar-refractivity contribution in [1.82, 2.24) is 15.3 Å². The lowest BCUT2D eigenvalue weighted by Crippen LogP contribution is -2.34. The Morgan fingerprint density at radius 3 is 1.88 bits per heavy atom. The van der Waals surface area contributed by atoms with E-state index in [1.54, 1.807) is 55.0 Å². The Labute approximate surface area is 248 Å². The van der Waals surface area contributed by atoms with Gasteiger partial charge in [-0.2, -0.15) is 0 Å². The third-order valence-corrected chi connectivity index (χ3v) is 7.16. The molecular weight excluding hydrogens is 559 g/mol. The van der Waals surface area contributed by atoms with Gasteiger partial charge in [0.15, 0.2) is 0 Å². The van der Waals surface area contributed by atoms with Crippen LogP contribution >= 0.6 is 11.6 Å². The first-order chi connectivity index (χ1) is 20.5. The van der Waals surface area contributed by atoms with Gasteiger partial charge in [0, 0.05) is 54.9 Å². The maximum Gasteiger partial charge on any atom is 0.123 e. The minimum atomic E-state index is -0.249. The van der Waals surface area contributed by atoms with Gasteiger partial charge in [0.1, 0.15) is 29.3 Å². The van der Waals surface area contributed by atoms with E-state index in [2.05, 4.69) is 15.3 Å². The highest BCUT2D eigenvalue weighted by Crippen LogP contribution is 2.28. The van der Waals surface area contributed by atoms with E-state index in [-0.39, 0.29) is 23.6 Å². The van der Waals surface area contributed by atoms with Crippen molar-refractivity contribution in [1.29, 1.82) is 0 Å². The Hall–Kier alpha value is -4.20. The van der Waals surface area contributed by atoms with E-state index in [1.807, 2.05) is 18.3 Å². The molecular formula is C34H29ClF3N3O. The van der Waals surface area contributed by atoms with E-state index < -0.39 is 0 Å². The van der Waals surface area contributed by atoms with Crippen LogP contribution in [0.25, 0.3) is 22.3 Å². The zero-order valence-electron chi connectivity index (χ0n) is 22.7. The summed E-state index contributed by atoms with van der Waals surface area (Å²) in [6.07, 6.45) is 8.80. The fourth-order valence-electron chi connectivity index (χ4n) is 4.68. The van der Waals surface area contributed by atoms with Crippen LogP contribution in [0.2, 0.25) is 0 Å². The van der Waals surface area contributed by atoms with Crippen molar-refractivity contribution in [2.45, 2.75) is 31.4 Å². The van der Waals surface area contributed by atoms with E-state index in [0.717, 1.165) is 57.5 Å². The smallest absolute Gasteiger partial charge is 0.123 e. The first-order valence-electron chi connectivity index (χ1n) is 13.6. The van der Waals surface area contributed by atoms with Gasteiger partial charge in [-0.05, 0) is 95.3 Å². The number of fused-ring (bicyclic) bond motifs is 1. The summed E-state index contributed by atoms with van der Waals surface area (Å²) < 4.78 is 45.0. The standard InChI is InChI=1S/C22H20F2N2O.C12H9ClFN/c23-19-4-1-16(2-5-19)18-9-15(11-25-13-18)12-26-14-21-7-3-17-10-20(24)6-8-22(17)27-21;13-6-9-5-11(8-15-7-9)10-1-3-12(14)4-2-10/h1-2,4-6,8-11,13,21,26H,3,7,12,14H2;1-5,7-8H,6H2. The molecule has 1 unspecified atom stereocenters. The van der Waals surface area contributed by atoms with Crippen LogP contribution < -0.4 is 10.1 Å². The Kier molecular flexibility index (Phi) is 9.85. The maximum atomic E-state index is 13.3. The third kappa shape index (κ3) is 7.96. The lowest BCUT2D eigenvalue weighted by molar-refractivity contribution is 0.170. The Balaban J connectivity index is 0.000000199. The van der Waals surface area contributed by atoms with Crippen LogP contribution in [0.5, 0.6) is 5.75 Å². The van der Waals surface area contributed by atoms with Crippen molar-refractivity contribution >= 4 is 11.6 Å². The molecule has 1 aliphatic rings. The second kappa shape index (κ2) is 14.1. The van der Waals surface area contributed by atoms with Crippen molar-refractivity contribution in [3.05, 3.63) is 138 Å². The van der Waals surface area contributed by atoms with Crippen molar-refractivity contribution in [3.63, 3.8) is 0 Å². The third-order valence-electron chi connectivity index (χ3n) is 6.85. The first kappa shape index (κ1) is 29.3. The van der Waals surface area contributed by atoms with E-state index >= 15 is 0 Å². The number of nitrogens with zero attached hydrogens (tertiary/aromatic N) is 2. The van der Waals surface area contributed by atoms with Crippen LogP contribution in [0, 0.1) is 17.5 Å². The number of nitrogens with one attached hydrogen (secondary N) is 1. The van der Waals surface area contributed by atoms with Gasteiger partial charge in [0.2, 0.25) is 0 Å². The number of alkyl halides is 1. The highest BCUT2D eigenvalue weighted by Gasteiger charge is 2.19. The summed E-state index contributed by atoms with van der Waals surface area (Å²) in [5.41, 5.74) is 6.73. The number of aryl methyl sites for hydroxylation is 1. The van der Waals surface area contributed by atoms with Gasteiger partial charge in [0.05, 0.1) is 0 Å². The first-order valence-corrected chi connectivity index (χ1v) is 14.1. The van der Waals surface area contributed by atoms with E-state index in [0.29, 0.717) is 19.0 Å². The topological polar surface area (TPSA) is 47.0 Å². The Morgan fingerprint density at radius 2 is 1.26 bits per heavy atom. The Morgan fingerprint density at radius 1 is 0.690 bits per heavy atom. The number of hydrogen-bond donors (Lipinski definition) is 1. The number of hydrogen-bond acceptors (Lipinski definition) is 4. The van der Waals surface area contributed by atoms with E-state index in [4.69, 9.17) is 16.3 Å². The summed E-state index contributed by atoms with van der Waals surface area (Å²) in [5.74, 6) is 0.501. The monoisotopic (exact) mass is 587 g/mol. The Bertz CT molecular complexity index is 1610. The molecule has 0 saturated heterocycles. The molecule has 1 N–H and O–H groups in total. The predicted molar refractivity (Wildman–Crippen MR) is 160 cm³/mol. The van der Waals surface area contributed by atoms with Gasteiger partial charge >= 0.3 is 0 Å². The van der Waals surface area contributed by atoms with Gasteiger partial charge in [0.25, 0.3) is 0 Å². The molecule has 3 heterocycles. The number of halogens is 4. The molecule has 0 fully saturated rings. The molecule has 1 aliphatic heterocycles. The molecule has 3 aromatic carbocycles. The van der Waals surface area contributed by atoms with Gasteiger partial charge in [-0.3, -0.25) is 9.97 Å². The second-order valence-electron chi connectivity index (χ2n) is 9.97. The summed E-state index contributed by atoms with van der Waals surface area (Å²) in [6, 6.07) is 21.4. The molecule has 2 aromatic heterocycles.